The topological polar surface area (TPSA) is 134 Å². The molecule has 0 aliphatic heterocycles. The van der Waals surface area contributed by atoms with Crippen LogP contribution < -0.4 is 11.2 Å². The van der Waals surface area contributed by atoms with E-state index in [1.807, 2.05) is 0 Å². The molecular weight excluding hydrogens is 280 g/mol. The summed E-state index contributed by atoms with van der Waals surface area (Å²) in [5.74, 6) is 0. The largest absolute Gasteiger partial charge is 0.398 e. The Labute approximate surface area is 117 Å². The highest BCUT2D eigenvalue weighted by atomic mass is 16.6. The number of rotatable bonds is 4. The predicted molar refractivity (Wildman–Crippen MR) is 74.0 cm³/mol. The van der Waals surface area contributed by atoms with Gasteiger partial charge in [-0.2, -0.15) is 0 Å². The molecule has 0 amide bonds. The van der Waals surface area contributed by atoms with Crippen LogP contribution in [0.2, 0.25) is 0 Å². The minimum absolute atomic E-state index is 0.0780. The highest BCUT2D eigenvalue weighted by Crippen LogP contribution is 2.20. The molecule has 9 heteroatoms. The molecule has 1 aromatic carbocycles. The predicted octanol–water partition coefficient (Wildman–Crippen LogP) is 1.30. The number of nitrogen functional groups attached to an aromatic ring is 1. The normalized spacial score (nSPS) is 10.3. The summed E-state index contributed by atoms with van der Waals surface area (Å²) in [6.45, 7) is 0.0780. The van der Waals surface area contributed by atoms with Crippen molar-refractivity contribution in [2.24, 2.45) is 0 Å². The number of anilines is 1. The van der Waals surface area contributed by atoms with Crippen LogP contribution in [0.4, 0.5) is 17.1 Å². The molecule has 0 bridgehead atoms. The summed E-state index contributed by atoms with van der Waals surface area (Å²) in [5.41, 5.74) is 5.08. The maximum absolute atomic E-state index is 11.3. The zero-order chi connectivity index (χ0) is 15.6. The molecule has 0 aliphatic carbocycles. The fourth-order valence-corrected chi connectivity index (χ4v) is 1.79. The lowest BCUT2D eigenvalue weighted by Crippen LogP contribution is -2.12. The SMILES string of the molecule is Nc1ccc([N+](=O)[O-])cc1Cn1ccc(=O)c([N+](=O)[O-])c1. The maximum atomic E-state index is 11.3. The van der Waals surface area contributed by atoms with E-state index in [0.717, 1.165) is 12.3 Å². The molecule has 0 atom stereocenters. The van der Waals surface area contributed by atoms with Crippen LogP contribution in [0.1, 0.15) is 5.56 Å². The molecule has 1 heterocycles. The zero-order valence-electron chi connectivity index (χ0n) is 10.6. The van der Waals surface area contributed by atoms with Crippen molar-refractivity contribution in [3.05, 3.63) is 72.7 Å². The second kappa shape index (κ2) is 5.41. The van der Waals surface area contributed by atoms with Gasteiger partial charge in [0.25, 0.3) is 11.1 Å². The lowest BCUT2D eigenvalue weighted by atomic mass is 10.1. The van der Waals surface area contributed by atoms with Gasteiger partial charge in [0.05, 0.1) is 16.0 Å². The Bertz CT molecular complexity index is 783. The average Bonchev–Trinajstić information content (AvgIpc) is 2.42. The number of nitrogens with two attached hydrogens (primary N) is 1. The van der Waals surface area contributed by atoms with E-state index in [9.17, 15) is 25.0 Å². The summed E-state index contributed by atoms with van der Waals surface area (Å²) in [5, 5.41) is 21.4. The van der Waals surface area contributed by atoms with Crippen LogP contribution in [0.25, 0.3) is 0 Å². The number of non-ortho nitro benzene ring substituents is 1. The van der Waals surface area contributed by atoms with Crippen LogP contribution in [0.15, 0.2) is 41.5 Å². The molecular formula is C12H10N4O5. The van der Waals surface area contributed by atoms with Crippen LogP contribution in [0.3, 0.4) is 0 Å². The van der Waals surface area contributed by atoms with Gasteiger partial charge in [-0.05, 0) is 6.07 Å². The second-order valence-electron chi connectivity index (χ2n) is 4.26. The van der Waals surface area contributed by atoms with Crippen molar-refractivity contribution in [2.45, 2.75) is 6.54 Å². The number of nitro benzene ring substituents is 1. The van der Waals surface area contributed by atoms with Gasteiger partial charge in [-0.15, -0.1) is 0 Å². The Morgan fingerprint density at radius 2 is 1.86 bits per heavy atom. The summed E-state index contributed by atoms with van der Waals surface area (Å²) in [7, 11) is 0. The number of aromatic nitrogens is 1. The Balaban J connectivity index is 2.40. The van der Waals surface area contributed by atoms with Crippen LogP contribution in [0, 0.1) is 20.2 Å². The minimum Gasteiger partial charge on any atom is -0.398 e. The first-order valence-corrected chi connectivity index (χ1v) is 5.76. The number of nitro groups is 2. The van der Waals surface area contributed by atoms with E-state index in [1.54, 1.807) is 0 Å². The van der Waals surface area contributed by atoms with Gasteiger partial charge in [0.1, 0.15) is 0 Å². The molecule has 2 rings (SSSR count). The van der Waals surface area contributed by atoms with Gasteiger partial charge in [-0.1, -0.05) is 0 Å². The molecule has 2 aromatic rings. The first-order valence-electron chi connectivity index (χ1n) is 5.76. The maximum Gasteiger partial charge on any atom is 0.332 e. The molecule has 0 saturated heterocycles. The van der Waals surface area contributed by atoms with Crippen LogP contribution >= 0.6 is 0 Å². The molecule has 0 saturated carbocycles. The van der Waals surface area contributed by atoms with Crippen molar-refractivity contribution in [3.63, 3.8) is 0 Å². The van der Waals surface area contributed by atoms with Crippen LogP contribution in [-0.2, 0) is 6.54 Å². The fourth-order valence-electron chi connectivity index (χ4n) is 1.79. The standard InChI is InChI=1S/C12H10N4O5/c13-10-2-1-9(15(18)19)5-8(10)6-14-4-3-12(17)11(7-14)16(20)21/h1-5,7H,6,13H2. The molecule has 108 valence electrons. The first-order chi connectivity index (χ1) is 9.88. The van der Waals surface area contributed by atoms with Crippen molar-refractivity contribution in [3.8, 4) is 0 Å². The minimum atomic E-state index is -0.782. The highest BCUT2D eigenvalue weighted by Gasteiger charge is 2.13. The van der Waals surface area contributed by atoms with E-state index in [1.165, 1.54) is 29.0 Å². The van der Waals surface area contributed by atoms with Gasteiger partial charge in [0, 0.05) is 42.2 Å². The Morgan fingerprint density at radius 1 is 1.14 bits per heavy atom. The molecule has 1 aromatic heterocycles. The number of pyridine rings is 1. The van der Waals surface area contributed by atoms with Gasteiger partial charge in [0.2, 0.25) is 0 Å². The first kappa shape index (κ1) is 14.2. The number of hydrogen-bond acceptors (Lipinski definition) is 6. The van der Waals surface area contributed by atoms with Crippen molar-refractivity contribution in [2.75, 3.05) is 5.73 Å². The Hall–Kier alpha value is -3.23. The Kier molecular flexibility index (Phi) is 3.65. The van der Waals surface area contributed by atoms with Crippen LogP contribution in [-0.4, -0.2) is 14.4 Å². The molecule has 0 unspecified atom stereocenters. The Morgan fingerprint density at radius 3 is 2.48 bits per heavy atom. The number of benzene rings is 1. The van der Waals surface area contributed by atoms with Crippen LogP contribution in [0.5, 0.6) is 0 Å². The van der Waals surface area contributed by atoms with E-state index in [-0.39, 0.29) is 12.2 Å². The summed E-state index contributed by atoms with van der Waals surface area (Å²) >= 11 is 0. The summed E-state index contributed by atoms with van der Waals surface area (Å²) < 4.78 is 1.37. The highest BCUT2D eigenvalue weighted by molar-refractivity contribution is 5.52. The number of nitrogens with zero attached hydrogens (tertiary/aromatic N) is 3. The third-order valence-corrected chi connectivity index (χ3v) is 2.84. The second-order valence-corrected chi connectivity index (χ2v) is 4.26. The summed E-state index contributed by atoms with van der Waals surface area (Å²) in [6.07, 6.45) is 2.42. The lowest BCUT2D eigenvalue weighted by molar-refractivity contribution is -0.386. The third kappa shape index (κ3) is 3.03. The van der Waals surface area contributed by atoms with Crippen molar-refractivity contribution >= 4 is 17.1 Å². The smallest absolute Gasteiger partial charge is 0.332 e. The fraction of sp³-hybridized carbons (Fsp3) is 0.0833. The van der Waals surface area contributed by atoms with E-state index >= 15 is 0 Å². The molecule has 9 nitrogen and oxygen atoms in total. The van der Waals surface area contributed by atoms with Crippen molar-refractivity contribution in [1.29, 1.82) is 0 Å². The van der Waals surface area contributed by atoms with E-state index in [4.69, 9.17) is 5.73 Å². The zero-order valence-corrected chi connectivity index (χ0v) is 10.6. The van der Waals surface area contributed by atoms with Gasteiger partial charge in [-0.3, -0.25) is 25.0 Å². The van der Waals surface area contributed by atoms with E-state index < -0.39 is 21.0 Å². The van der Waals surface area contributed by atoms with E-state index in [2.05, 4.69) is 0 Å². The van der Waals surface area contributed by atoms with Gasteiger partial charge >= 0.3 is 5.69 Å². The molecule has 0 spiro atoms. The number of hydrogen-bond donors (Lipinski definition) is 1. The quantitative estimate of drug-likeness (QED) is 0.512. The van der Waals surface area contributed by atoms with Gasteiger partial charge < -0.3 is 10.3 Å². The molecule has 0 radical (unpaired) electrons. The summed E-state index contributed by atoms with van der Waals surface area (Å²) in [4.78, 5) is 31.4. The van der Waals surface area contributed by atoms with Crippen molar-refractivity contribution in [1.82, 2.24) is 4.57 Å². The van der Waals surface area contributed by atoms with Crippen molar-refractivity contribution < 1.29 is 9.85 Å². The lowest BCUT2D eigenvalue weighted by Gasteiger charge is -2.08. The molecule has 0 fully saturated rings. The summed E-state index contributed by atoms with van der Waals surface area (Å²) in [6, 6.07) is 5.02. The monoisotopic (exact) mass is 290 g/mol. The van der Waals surface area contributed by atoms with E-state index in [0.29, 0.717) is 11.3 Å². The third-order valence-electron chi connectivity index (χ3n) is 2.84. The molecule has 21 heavy (non-hydrogen) atoms. The van der Waals surface area contributed by atoms with Gasteiger partial charge in [0.15, 0.2) is 0 Å². The molecule has 2 N–H and O–H groups in total. The molecule has 0 aliphatic rings. The average molecular weight is 290 g/mol. The van der Waals surface area contributed by atoms with Gasteiger partial charge in [-0.25, -0.2) is 0 Å².